The van der Waals surface area contributed by atoms with Gasteiger partial charge in [0, 0.05) is 6.54 Å². The molecule has 0 fully saturated rings. The summed E-state index contributed by atoms with van der Waals surface area (Å²) < 4.78 is 11.0. The lowest BCUT2D eigenvalue weighted by molar-refractivity contribution is 0.106. The molecule has 2 aromatic rings. The molecule has 1 heterocycles. The minimum atomic E-state index is -0.515. The maximum Gasteiger partial charge on any atom is 0.129 e. The molecule has 0 aliphatic carbocycles. The van der Waals surface area contributed by atoms with Crippen LogP contribution in [0.1, 0.15) is 34.1 Å². The zero-order chi connectivity index (χ0) is 16.9. The highest BCUT2D eigenvalue weighted by atomic mass is 32.1. The first-order chi connectivity index (χ1) is 10.8. The van der Waals surface area contributed by atoms with Crippen molar-refractivity contribution in [2.45, 2.75) is 40.2 Å². The molecule has 0 aliphatic rings. The number of benzene rings is 1. The summed E-state index contributed by atoms with van der Waals surface area (Å²) in [7, 11) is 0. The number of nitrogens with zero attached hydrogens (tertiary/aromatic N) is 1. The Balaban J connectivity index is 1.71. The summed E-state index contributed by atoms with van der Waals surface area (Å²) in [5.41, 5.74) is 0.343. The fourth-order valence-corrected chi connectivity index (χ4v) is 3.51. The zero-order valence-electron chi connectivity index (χ0n) is 14.5. The Morgan fingerprint density at radius 2 is 2.09 bits per heavy atom. The van der Waals surface area contributed by atoms with Crippen molar-refractivity contribution >= 4 is 21.6 Å². The molecule has 128 valence electrons. The van der Waals surface area contributed by atoms with Gasteiger partial charge in [-0.15, -0.1) is 0 Å². The van der Waals surface area contributed by atoms with Crippen LogP contribution in [-0.2, 0) is 0 Å². The minimum Gasteiger partial charge on any atom is -0.490 e. The number of hydrogen-bond donors (Lipinski definition) is 2. The summed E-state index contributed by atoms with van der Waals surface area (Å²) in [5, 5.41) is 14.4. The van der Waals surface area contributed by atoms with Gasteiger partial charge in [-0.3, -0.25) is 0 Å². The van der Waals surface area contributed by atoms with Crippen molar-refractivity contribution in [3.8, 4) is 5.75 Å². The van der Waals surface area contributed by atoms with E-state index < -0.39 is 6.10 Å². The Morgan fingerprint density at radius 3 is 2.83 bits per heavy atom. The van der Waals surface area contributed by atoms with Crippen LogP contribution >= 0.6 is 11.5 Å². The van der Waals surface area contributed by atoms with Gasteiger partial charge in [0.15, 0.2) is 0 Å². The van der Waals surface area contributed by atoms with Gasteiger partial charge in [0.05, 0.1) is 16.3 Å². The van der Waals surface area contributed by atoms with E-state index in [2.05, 4.69) is 37.4 Å². The molecule has 23 heavy (non-hydrogen) atoms. The highest BCUT2D eigenvalue weighted by molar-refractivity contribution is 7.13. The van der Waals surface area contributed by atoms with E-state index in [-0.39, 0.29) is 6.61 Å². The molecular formula is C18H28N2O2S. The number of fused-ring (bicyclic) bond motifs is 1. The first kappa shape index (κ1) is 18.2. The summed E-state index contributed by atoms with van der Waals surface area (Å²) >= 11 is 1.45. The van der Waals surface area contributed by atoms with E-state index in [0.29, 0.717) is 17.9 Å². The van der Waals surface area contributed by atoms with Crippen LogP contribution in [0.4, 0.5) is 0 Å². The van der Waals surface area contributed by atoms with Gasteiger partial charge in [0.2, 0.25) is 0 Å². The molecule has 0 aliphatic heterocycles. The lowest BCUT2D eigenvalue weighted by Gasteiger charge is -2.24. The molecule has 2 rings (SSSR count). The zero-order valence-corrected chi connectivity index (χ0v) is 15.3. The monoisotopic (exact) mass is 336 g/mol. The first-order valence-electron chi connectivity index (χ1n) is 8.20. The summed E-state index contributed by atoms with van der Waals surface area (Å²) in [6, 6.07) is 5.89. The topological polar surface area (TPSA) is 54.4 Å². The smallest absolute Gasteiger partial charge is 0.129 e. The highest BCUT2D eigenvalue weighted by Crippen LogP contribution is 2.27. The molecule has 2 unspecified atom stereocenters. The van der Waals surface area contributed by atoms with Gasteiger partial charge in [-0.2, -0.15) is 4.37 Å². The summed E-state index contributed by atoms with van der Waals surface area (Å²) in [6.45, 7) is 10.8. The van der Waals surface area contributed by atoms with Crippen molar-refractivity contribution in [3.63, 3.8) is 0 Å². The van der Waals surface area contributed by atoms with Gasteiger partial charge in [-0.1, -0.05) is 33.8 Å². The fourth-order valence-electron chi connectivity index (χ4n) is 2.85. The van der Waals surface area contributed by atoms with Crippen LogP contribution in [0.3, 0.4) is 0 Å². The summed E-state index contributed by atoms with van der Waals surface area (Å²) in [4.78, 5) is 0. The maximum absolute atomic E-state index is 10.1. The number of aliphatic hydroxyl groups is 1. The van der Waals surface area contributed by atoms with Crippen LogP contribution in [0.15, 0.2) is 24.4 Å². The van der Waals surface area contributed by atoms with E-state index in [1.807, 2.05) is 24.4 Å². The minimum absolute atomic E-state index is 0.287. The molecule has 0 saturated heterocycles. The van der Waals surface area contributed by atoms with Crippen LogP contribution in [-0.4, -0.2) is 35.3 Å². The van der Waals surface area contributed by atoms with Gasteiger partial charge in [0.25, 0.3) is 0 Å². The third kappa shape index (κ3) is 6.09. The van der Waals surface area contributed by atoms with E-state index in [4.69, 9.17) is 4.74 Å². The van der Waals surface area contributed by atoms with Crippen LogP contribution < -0.4 is 10.1 Å². The second kappa shape index (κ2) is 8.08. The van der Waals surface area contributed by atoms with Crippen molar-refractivity contribution in [2.24, 2.45) is 11.3 Å². The van der Waals surface area contributed by atoms with E-state index in [0.717, 1.165) is 22.4 Å². The summed E-state index contributed by atoms with van der Waals surface area (Å²) in [5.74, 6) is 1.38. The maximum atomic E-state index is 10.1. The number of aromatic nitrogens is 1. The number of nitrogens with one attached hydrogen (secondary N) is 1. The second-order valence-corrected chi connectivity index (χ2v) is 8.32. The first-order valence-corrected chi connectivity index (χ1v) is 8.97. The Hall–Kier alpha value is -1.17. The second-order valence-electron chi connectivity index (χ2n) is 7.49. The highest BCUT2D eigenvalue weighted by Gasteiger charge is 2.15. The standard InChI is InChI=1S/C18H28N2O2S/c1-13(8-18(2,3)4)9-19-10-14(21)12-22-16-6-5-7-17-15(16)11-20-23-17/h5-7,11,13-14,19,21H,8-10,12H2,1-4H3. The van der Waals surface area contributed by atoms with Gasteiger partial charge in [-0.05, 0) is 48.0 Å². The van der Waals surface area contributed by atoms with Crippen LogP contribution in [0, 0.1) is 11.3 Å². The molecule has 2 N–H and O–H groups in total. The molecule has 0 radical (unpaired) electrons. The molecule has 4 nitrogen and oxygen atoms in total. The number of ether oxygens (including phenoxy) is 1. The van der Waals surface area contributed by atoms with Crippen LogP contribution in [0.5, 0.6) is 5.75 Å². The third-order valence-electron chi connectivity index (χ3n) is 3.62. The largest absolute Gasteiger partial charge is 0.490 e. The van der Waals surface area contributed by atoms with Crippen molar-refractivity contribution in [3.05, 3.63) is 24.4 Å². The molecular weight excluding hydrogens is 308 g/mol. The molecule has 1 aromatic carbocycles. The Bertz CT molecular complexity index is 606. The quantitative estimate of drug-likeness (QED) is 0.772. The van der Waals surface area contributed by atoms with Gasteiger partial charge in [-0.25, -0.2) is 0 Å². The lowest BCUT2D eigenvalue weighted by Crippen LogP contribution is -2.34. The van der Waals surface area contributed by atoms with Crippen molar-refractivity contribution in [1.82, 2.24) is 9.69 Å². The lowest BCUT2D eigenvalue weighted by atomic mass is 9.85. The van der Waals surface area contributed by atoms with Gasteiger partial charge in [0.1, 0.15) is 18.5 Å². The van der Waals surface area contributed by atoms with Crippen molar-refractivity contribution < 1.29 is 9.84 Å². The van der Waals surface area contributed by atoms with E-state index >= 15 is 0 Å². The number of rotatable bonds is 8. The third-order valence-corrected chi connectivity index (χ3v) is 4.39. The van der Waals surface area contributed by atoms with E-state index in [9.17, 15) is 5.11 Å². The molecule has 0 amide bonds. The van der Waals surface area contributed by atoms with Gasteiger partial charge < -0.3 is 15.2 Å². The molecule has 5 heteroatoms. The van der Waals surface area contributed by atoms with Crippen molar-refractivity contribution in [2.75, 3.05) is 19.7 Å². The Labute approximate surface area is 143 Å². The van der Waals surface area contributed by atoms with E-state index in [1.165, 1.54) is 18.0 Å². The average Bonchev–Trinajstić information content (AvgIpc) is 2.92. The molecule has 0 saturated carbocycles. The normalized spacial score (nSPS) is 14.8. The predicted molar refractivity (Wildman–Crippen MR) is 97.2 cm³/mol. The molecule has 2 atom stereocenters. The molecule has 0 spiro atoms. The van der Waals surface area contributed by atoms with Crippen LogP contribution in [0.2, 0.25) is 0 Å². The van der Waals surface area contributed by atoms with E-state index in [1.54, 1.807) is 0 Å². The van der Waals surface area contributed by atoms with Crippen molar-refractivity contribution in [1.29, 1.82) is 0 Å². The Kier molecular flexibility index (Phi) is 6.39. The van der Waals surface area contributed by atoms with Crippen LogP contribution in [0.25, 0.3) is 10.1 Å². The predicted octanol–water partition coefficient (Wildman–Crippen LogP) is 3.70. The average molecular weight is 337 g/mol. The Morgan fingerprint density at radius 1 is 1.30 bits per heavy atom. The summed E-state index contributed by atoms with van der Waals surface area (Å²) in [6.07, 6.45) is 2.46. The SMILES string of the molecule is CC(CNCC(O)COc1cccc2sncc12)CC(C)(C)C. The fraction of sp³-hybridized carbons (Fsp3) is 0.611. The van der Waals surface area contributed by atoms with Gasteiger partial charge >= 0.3 is 0 Å². The number of hydrogen-bond acceptors (Lipinski definition) is 5. The molecule has 0 bridgehead atoms. The number of aliphatic hydroxyl groups excluding tert-OH is 1. The molecule has 1 aromatic heterocycles.